The lowest BCUT2D eigenvalue weighted by Crippen LogP contribution is -2.06. The maximum absolute atomic E-state index is 11.0. The van der Waals surface area contributed by atoms with Crippen molar-refractivity contribution in [3.63, 3.8) is 0 Å². The molecule has 0 aliphatic rings. The summed E-state index contributed by atoms with van der Waals surface area (Å²) in [6.45, 7) is 1.92. The maximum Gasteiger partial charge on any atom is 0.221 e. The van der Waals surface area contributed by atoms with Crippen molar-refractivity contribution < 1.29 is 14.6 Å². The molecule has 0 spiro atoms. The second-order valence-corrected chi connectivity index (χ2v) is 4.44. The van der Waals surface area contributed by atoms with Gasteiger partial charge in [-0.2, -0.15) is 0 Å². The molecule has 0 radical (unpaired) electrons. The predicted molar refractivity (Wildman–Crippen MR) is 78.1 cm³/mol. The molecule has 2 rings (SSSR count). The van der Waals surface area contributed by atoms with Gasteiger partial charge in [-0.15, -0.1) is 0 Å². The molecule has 0 saturated carbocycles. The molecular weight excluding hydrogens is 254 g/mol. The van der Waals surface area contributed by atoms with E-state index in [-0.39, 0.29) is 11.7 Å². The molecule has 4 nitrogen and oxygen atoms in total. The standard InChI is InChI=1S/C16H17NO3/c1-12(18)17-14-6-4-7-15(11-14)20-10-9-13-5-2-3-8-16(13)19/h2-8,11,19H,9-10H2,1H3,(H,17,18). The van der Waals surface area contributed by atoms with Crippen LogP contribution in [0.2, 0.25) is 0 Å². The zero-order chi connectivity index (χ0) is 14.4. The predicted octanol–water partition coefficient (Wildman–Crippen LogP) is 2.97. The van der Waals surface area contributed by atoms with E-state index in [9.17, 15) is 9.90 Å². The molecule has 4 heteroatoms. The van der Waals surface area contributed by atoms with Crippen molar-refractivity contribution in [3.8, 4) is 11.5 Å². The highest BCUT2D eigenvalue weighted by Gasteiger charge is 2.01. The van der Waals surface area contributed by atoms with E-state index >= 15 is 0 Å². The number of para-hydroxylation sites is 1. The van der Waals surface area contributed by atoms with Crippen molar-refractivity contribution in [3.05, 3.63) is 54.1 Å². The van der Waals surface area contributed by atoms with Crippen LogP contribution in [0.15, 0.2) is 48.5 Å². The molecule has 2 N–H and O–H groups in total. The highest BCUT2D eigenvalue weighted by atomic mass is 16.5. The summed E-state index contributed by atoms with van der Waals surface area (Å²) in [4.78, 5) is 11.0. The van der Waals surface area contributed by atoms with Crippen LogP contribution in [-0.4, -0.2) is 17.6 Å². The third kappa shape index (κ3) is 4.02. The van der Waals surface area contributed by atoms with E-state index < -0.39 is 0 Å². The van der Waals surface area contributed by atoms with Crippen LogP contribution in [-0.2, 0) is 11.2 Å². The first-order valence-electron chi connectivity index (χ1n) is 6.42. The summed E-state index contributed by atoms with van der Waals surface area (Å²) in [5, 5.41) is 12.4. The van der Waals surface area contributed by atoms with E-state index in [1.807, 2.05) is 24.3 Å². The molecule has 2 aromatic carbocycles. The van der Waals surface area contributed by atoms with Crippen LogP contribution in [0.3, 0.4) is 0 Å². The molecule has 0 saturated heterocycles. The Morgan fingerprint density at radius 2 is 2.00 bits per heavy atom. The average molecular weight is 271 g/mol. The highest BCUT2D eigenvalue weighted by Crippen LogP contribution is 2.19. The van der Waals surface area contributed by atoms with Crippen molar-refractivity contribution in [2.75, 3.05) is 11.9 Å². The Morgan fingerprint density at radius 3 is 2.75 bits per heavy atom. The lowest BCUT2D eigenvalue weighted by molar-refractivity contribution is -0.114. The van der Waals surface area contributed by atoms with Crippen LogP contribution in [0.25, 0.3) is 0 Å². The van der Waals surface area contributed by atoms with Gasteiger partial charge in [0.25, 0.3) is 0 Å². The number of carbonyl (C=O) groups excluding carboxylic acids is 1. The Kier molecular flexibility index (Phi) is 4.60. The van der Waals surface area contributed by atoms with E-state index in [1.54, 1.807) is 24.3 Å². The van der Waals surface area contributed by atoms with Gasteiger partial charge < -0.3 is 15.2 Å². The number of nitrogens with one attached hydrogen (secondary N) is 1. The normalized spacial score (nSPS) is 10.1. The summed E-state index contributed by atoms with van der Waals surface area (Å²) < 4.78 is 5.62. The first kappa shape index (κ1) is 13.9. The molecule has 0 heterocycles. The van der Waals surface area contributed by atoms with Gasteiger partial charge in [-0.25, -0.2) is 0 Å². The number of hydrogen-bond acceptors (Lipinski definition) is 3. The third-order valence-electron chi connectivity index (χ3n) is 2.79. The van der Waals surface area contributed by atoms with Gasteiger partial charge >= 0.3 is 0 Å². The highest BCUT2D eigenvalue weighted by molar-refractivity contribution is 5.88. The maximum atomic E-state index is 11.0. The fourth-order valence-electron chi connectivity index (χ4n) is 1.87. The summed E-state index contributed by atoms with van der Waals surface area (Å²) in [5.41, 5.74) is 1.56. The first-order valence-corrected chi connectivity index (χ1v) is 6.42. The second kappa shape index (κ2) is 6.61. The monoisotopic (exact) mass is 271 g/mol. The number of carbonyl (C=O) groups is 1. The van der Waals surface area contributed by atoms with Gasteiger partial charge in [0, 0.05) is 25.1 Å². The minimum absolute atomic E-state index is 0.114. The quantitative estimate of drug-likeness (QED) is 0.879. The van der Waals surface area contributed by atoms with Gasteiger partial charge in [0.2, 0.25) is 5.91 Å². The molecule has 0 aromatic heterocycles. The Labute approximate surface area is 118 Å². The second-order valence-electron chi connectivity index (χ2n) is 4.44. The van der Waals surface area contributed by atoms with Crippen LogP contribution >= 0.6 is 0 Å². The summed E-state index contributed by atoms with van der Waals surface area (Å²) in [6, 6.07) is 14.4. The molecule has 1 amide bonds. The van der Waals surface area contributed by atoms with Crippen molar-refractivity contribution in [2.24, 2.45) is 0 Å². The van der Waals surface area contributed by atoms with Crippen molar-refractivity contribution in [1.82, 2.24) is 0 Å². The number of rotatable bonds is 5. The van der Waals surface area contributed by atoms with E-state index in [0.29, 0.717) is 24.5 Å². The van der Waals surface area contributed by atoms with Gasteiger partial charge in [0.05, 0.1) is 6.61 Å². The SMILES string of the molecule is CC(=O)Nc1cccc(OCCc2ccccc2O)c1. The van der Waals surface area contributed by atoms with E-state index in [4.69, 9.17) is 4.74 Å². The Hall–Kier alpha value is -2.49. The molecule has 0 aliphatic carbocycles. The van der Waals surface area contributed by atoms with Gasteiger partial charge in [-0.3, -0.25) is 4.79 Å². The first-order chi connectivity index (χ1) is 9.65. The van der Waals surface area contributed by atoms with Crippen LogP contribution in [0, 0.1) is 0 Å². The lowest BCUT2D eigenvalue weighted by atomic mass is 10.1. The van der Waals surface area contributed by atoms with E-state index in [1.165, 1.54) is 6.92 Å². The number of anilines is 1. The van der Waals surface area contributed by atoms with Crippen molar-refractivity contribution >= 4 is 11.6 Å². The smallest absolute Gasteiger partial charge is 0.221 e. The average Bonchev–Trinajstić information content (AvgIpc) is 2.41. The largest absolute Gasteiger partial charge is 0.508 e. The van der Waals surface area contributed by atoms with Gasteiger partial charge in [-0.05, 0) is 23.8 Å². The molecule has 0 fully saturated rings. The summed E-state index contributed by atoms with van der Waals surface area (Å²) in [5.74, 6) is 0.853. The van der Waals surface area contributed by atoms with E-state index in [2.05, 4.69) is 5.32 Å². The fourth-order valence-corrected chi connectivity index (χ4v) is 1.87. The number of ether oxygens (including phenoxy) is 1. The Bertz CT molecular complexity index is 596. The van der Waals surface area contributed by atoms with Crippen LogP contribution in [0.4, 0.5) is 5.69 Å². The number of phenols is 1. The van der Waals surface area contributed by atoms with Crippen LogP contribution < -0.4 is 10.1 Å². The number of aromatic hydroxyl groups is 1. The number of hydrogen-bond donors (Lipinski definition) is 2. The van der Waals surface area contributed by atoms with Gasteiger partial charge in [-0.1, -0.05) is 24.3 Å². The van der Waals surface area contributed by atoms with Crippen molar-refractivity contribution in [2.45, 2.75) is 13.3 Å². The molecule has 104 valence electrons. The number of phenolic OH excluding ortho intramolecular Hbond substituents is 1. The van der Waals surface area contributed by atoms with E-state index in [0.717, 1.165) is 5.56 Å². The third-order valence-corrected chi connectivity index (χ3v) is 2.79. The Morgan fingerprint density at radius 1 is 1.20 bits per heavy atom. The summed E-state index contributed by atoms with van der Waals surface area (Å²) in [7, 11) is 0. The zero-order valence-corrected chi connectivity index (χ0v) is 11.3. The molecule has 0 bridgehead atoms. The fraction of sp³-hybridized carbons (Fsp3) is 0.188. The summed E-state index contributed by atoms with van der Waals surface area (Å²) >= 11 is 0. The van der Waals surface area contributed by atoms with Crippen molar-refractivity contribution in [1.29, 1.82) is 0 Å². The summed E-state index contributed by atoms with van der Waals surface area (Å²) in [6.07, 6.45) is 0.622. The minimum atomic E-state index is -0.114. The molecule has 20 heavy (non-hydrogen) atoms. The van der Waals surface area contributed by atoms with Gasteiger partial charge in [0.15, 0.2) is 0 Å². The molecule has 2 aromatic rings. The van der Waals surface area contributed by atoms with Gasteiger partial charge in [0.1, 0.15) is 11.5 Å². The number of benzene rings is 2. The number of amides is 1. The molecule has 0 atom stereocenters. The minimum Gasteiger partial charge on any atom is -0.508 e. The molecule has 0 aliphatic heterocycles. The zero-order valence-electron chi connectivity index (χ0n) is 11.3. The topological polar surface area (TPSA) is 58.6 Å². The van der Waals surface area contributed by atoms with Crippen LogP contribution in [0.1, 0.15) is 12.5 Å². The Balaban J connectivity index is 1.91. The molecule has 0 unspecified atom stereocenters. The molecular formula is C16H17NO3. The van der Waals surface area contributed by atoms with Crippen LogP contribution in [0.5, 0.6) is 11.5 Å². The lowest BCUT2D eigenvalue weighted by Gasteiger charge is -2.09.